The highest BCUT2D eigenvalue weighted by molar-refractivity contribution is 5.87. The average Bonchev–Trinajstić information content (AvgIpc) is 3.12. The maximum absolute atomic E-state index is 2.76. The molecule has 1 saturated heterocycles. The molecule has 0 bridgehead atoms. The second kappa shape index (κ2) is 6.55. The standard InChI is InChI=1S/C25H27N/c1-18-5-4-14-26(18)25-13-12-23-16-22(10-11-24(23)17-25)21-9-8-19-6-2-3-7-20(19)15-21/h2-3,6-11,15-16,18,25H,4-5,12-14,17H2,1H3. The van der Waals surface area contributed by atoms with Crippen molar-refractivity contribution in [1.29, 1.82) is 0 Å². The molecule has 1 heterocycles. The van der Waals surface area contributed by atoms with Gasteiger partial charge in [0.05, 0.1) is 0 Å². The van der Waals surface area contributed by atoms with E-state index in [2.05, 4.69) is 72.5 Å². The van der Waals surface area contributed by atoms with E-state index in [9.17, 15) is 0 Å². The summed E-state index contributed by atoms with van der Waals surface area (Å²) in [6.07, 6.45) is 6.54. The Morgan fingerprint density at radius 1 is 0.808 bits per heavy atom. The summed E-state index contributed by atoms with van der Waals surface area (Å²) in [5.41, 5.74) is 5.84. The second-order valence-corrected chi connectivity index (χ2v) is 8.17. The molecule has 0 saturated carbocycles. The van der Waals surface area contributed by atoms with Crippen LogP contribution in [0.4, 0.5) is 0 Å². The van der Waals surface area contributed by atoms with E-state index < -0.39 is 0 Å². The SMILES string of the molecule is CC1CCCN1C1CCc2cc(-c3ccc4ccccc4c3)ccc2C1. The lowest BCUT2D eigenvalue weighted by Crippen LogP contribution is -2.41. The molecule has 0 radical (unpaired) electrons. The Morgan fingerprint density at radius 2 is 1.62 bits per heavy atom. The van der Waals surface area contributed by atoms with Gasteiger partial charge in [0.2, 0.25) is 0 Å². The molecule has 1 heteroatoms. The zero-order valence-corrected chi connectivity index (χ0v) is 15.6. The van der Waals surface area contributed by atoms with Gasteiger partial charge in [-0.2, -0.15) is 0 Å². The quantitative estimate of drug-likeness (QED) is 0.565. The zero-order chi connectivity index (χ0) is 17.5. The fraction of sp³-hybridized carbons (Fsp3) is 0.360. The molecule has 2 unspecified atom stereocenters. The van der Waals surface area contributed by atoms with Crippen LogP contribution < -0.4 is 0 Å². The first-order valence-electron chi connectivity index (χ1n) is 10.1. The van der Waals surface area contributed by atoms with Crippen LogP contribution in [-0.2, 0) is 12.8 Å². The van der Waals surface area contributed by atoms with Crippen molar-refractivity contribution in [1.82, 2.24) is 4.90 Å². The van der Waals surface area contributed by atoms with Crippen LogP contribution in [0.3, 0.4) is 0 Å². The van der Waals surface area contributed by atoms with Gasteiger partial charge in [-0.25, -0.2) is 0 Å². The van der Waals surface area contributed by atoms with E-state index in [1.54, 1.807) is 11.1 Å². The van der Waals surface area contributed by atoms with Crippen molar-refractivity contribution >= 4 is 10.8 Å². The molecular formula is C25H27N. The molecule has 0 aromatic heterocycles. The van der Waals surface area contributed by atoms with Crippen LogP contribution in [0.5, 0.6) is 0 Å². The molecule has 0 amide bonds. The number of hydrogen-bond donors (Lipinski definition) is 0. The van der Waals surface area contributed by atoms with Gasteiger partial charge in [-0.1, -0.05) is 54.6 Å². The van der Waals surface area contributed by atoms with Crippen molar-refractivity contribution in [2.75, 3.05) is 6.54 Å². The first-order valence-corrected chi connectivity index (χ1v) is 10.1. The van der Waals surface area contributed by atoms with E-state index in [-0.39, 0.29) is 0 Å². The lowest BCUT2D eigenvalue weighted by atomic mass is 9.85. The fourth-order valence-electron chi connectivity index (χ4n) is 5.07. The minimum absolute atomic E-state index is 0.756. The van der Waals surface area contributed by atoms with Crippen molar-refractivity contribution in [3.63, 3.8) is 0 Å². The number of fused-ring (bicyclic) bond motifs is 2. The lowest BCUT2D eigenvalue weighted by molar-refractivity contribution is 0.174. The number of benzene rings is 3. The molecule has 1 aliphatic carbocycles. The molecule has 2 atom stereocenters. The highest BCUT2D eigenvalue weighted by Gasteiger charge is 2.30. The van der Waals surface area contributed by atoms with Gasteiger partial charge in [0.25, 0.3) is 0 Å². The van der Waals surface area contributed by atoms with Crippen molar-refractivity contribution < 1.29 is 0 Å². The Labute approximate surface area is 156 Å². The van der Waals surface area contributed by atoms with Crippen LogP contribution in [0.25, 0.3) is 21.9 Å². The smallest absolute Gasteiger partial charge is 0.0142 e. The summed E-state index contributed by atoms with van der Waals surface area (Å²) in [6.45, 7) is 3.71. The molecule has 132 valence electrons. The van der Waals surface area contributed by atoms with E-state index in [0.29, 0.717) is 0 Å². The van der Waals surface area contributed by atoms with Crippen LogP contribution in [-0.4, -0.2) is 23.5 Å². The maximum Gasteiger partial charge on any atom is 0.0142 e. The number of likely N-dealkylation sites (tertiary alicyclic amines) is 1. The van der Waals surface area contributed by atoms with Gasteiger partial charge >= 0.3 is 0 Å². The van der Waals surface area contributed by atoms with E-state index >= 15 is 0 Å². The molecule has 3 aromatic carbocycles. The molecule has 5 rings (SSSR count). The summed E-state index contributed by atoms with van der Waals surface area (Å²) >= 11 is 0. The predicted octanol–water partition coefficient (Wildman–Crippen LogP) is 5.85. The third kappa shape index (κ3) is 2.85. The first-order chi connectivity index (χ1) is 12.8. The Bertz CT molecular complexity index is 942. The van der Waals surface area contributed by atoms with Crippen molar-refractivity contribution in [3.05, 3.63) is 71.8 Å². The summed E-state index contributed by atoms with van der Waals surface area (Å²) in [4.78, 5) is 2.76. The molecule has 26 heavy (non-hydrogen) atoms. The molecule has 0 N–H and O–H groups in total. The Balaban J connectivity index is 1.43. The van der Waals surface area contributed by atoms with Gasteiger partial charge in [0.15, 0.2) is 0 Å². The summed E-state index contributed by atoms with van der Waals surface area (Å²) in [5.74, 6) is 0. The van der Waals surface area contributed by atoms with Gasteiger partial charge < -0.3 is 0 Å². The zero-order valence-electron chi connectivity index (χ0n) is 15.6. The summed E-state index contributed by atoms with van der Waals surface area (Å²) in [7, 11) is 0. The molecule has 3 aromatic rings. The van der Waals surface area contributed by atoms with Gasteiger partial charge in [-0.05, 0) is 84.7 Å². The molecule has 2 aliphatic rings. The van der Waals surface area contributed by atoms with Gasteiger partial charge in [0.1, 0.15) is 0 Å². The first kappa shape index (κ1) is 16.1. The van der Waals surface area contributed by atoms with Crippen LogP contribution in [0.2, 0.25) is 0 Å². The normalized spacial score (nSPS) is 23.3. The van der Waals surface area contributed by atoms with Gasteiger partial charge in [0, 0.05) is 12.1 Å². The Morgan fingerprint density at radius 3 is 2.46 bits per heavy atom. The average molecular weight is 341 g/mol. The van der Waals surface area contributed by atoms with Crippen molar-refractivity contribution in [2.24, 2.45) is 0 Å². The van der Waals surface area contributed by atoms with Crippen LogP contribution in [0.1, 0.15) is 37.3 Å². The second-order valence-electron chi connectivity index (χ2n) is 8.17. The number of hydrogen-bond acceptors (Lipinski definition) is 1. The molecule has 1 nitrogen and oxygen atoms in total. The fourth-order valence-corrected chi connectivity index (χ4v) is 5.07. The van der Waals surface area contributed by atoms with Gasteiger partial charge in [-0.15, -0.1) is 0 Å². The van der Waals surface area contributed by atoms with Crippen molar-refractivity contribution in [3.8, 4) is 11.1 Å². The van der Waals surface area contributed by atoms with Crippen molar-refractivity contribution in [2.45, 2.75) is 51.1 Å². The van der Waals surface area contributed by atoms with Crippen LogP contribution in [0, 0.1) is 0 Å². The topological polar surface area (TPSA) is 3.24 Å². The van der Waals surface area contributed by atoms with E-state index in [0.717, 1.165) is 12.1 Å². The van der Waals surface area contributed by atoms with E-state index in [1.165, 1.54) is 60.5 Å². The number of nitrogens with zero attached hydrogens (tertiary/aromatic N) is 1. The summed E-state index contributed by atoms with van der Waals surface area (Å²) in [5, 5.41) is 2.64. The Kier molecular flexibility index (Phi) is 4.05. The van der Waals surface area contributed by atoms with Crippen LogP contribution in [0.15, 0.2) is 60.7 Å². The maximum atomic E-state index is 2.76. The largest absolute Gasteiger partial charge is 0.297 e. The highest BCUT2D eigenvalue weighted by atomic mass is 15.2. The predicted molar refractivity (Wildman–Crippen MR) is 111 cm³/mol. The third-order valence-corrected chi connectivity index (χ3v) is 6.56. The van der Waals surface area contributed by atoms with E-state index in [1.807, 2.05) is 0 Å². The van der Waals surface area contributed by atoms with Crippen LogP contribution >= 0.6 is 0 Å². The summed E-state index contributed by atoms with van der Waals surface area (Å²) < 4.78 is 0. The minimum atomic E-state index is 0.756. The summed E-state index contributed by atoms with van der Waals surface area (Å²) in [6, 6.07) is 24.2. The monoisotopic (exact) mass is 341 g/mol. The minimum Gasteiger partial charge on any atom is -0.297 e. The number of rotatable bonds is 2. The lowest BCUT2D eigenvalue weighted by Gasteiger charge is -2.35. The van der Waals surface area contributed by atoms with Gasteiger partial charge in [-0.3, -0.25) is 4.90 Å². The molecule has 1 fully saturated rings. The number of aryl methyl sites for hydroxylation is 1. The molecule has 0 spiro atoms. The molecular weight excluding hydrogens is 314 g/mol. The van der Waals surface area contributed by atoms with E-state index in [4.69, 9.17) is 0 Å². The highest BCUT2D eigenvalue weighted by Crippen LogP contribution is 2.32. The Hall–Kier alpha value is -2.12. The third-order valence-electron chi connectivity index (χ3n) is 6.56. The molecule has 1 aliphatic heterocycles.